The maximum absolute atomic E-state index is 2.29. The number of benzene rings is 1. The first-order valence-electron chi connectivity index (χ1n) is 8.60. The van der Waals surface area contributed by atoms with Crippen LogP contribution < -0.4 is 0 Å². The summed E-state index contributed by atoms with van der Waals surface area (Å²) >= 11 is 0. The monoisotopic (exact) mass is 291 g/mol. The van der Waals surface area contributed by atoms with E-state index in [1.807, 2.05) is 0 Å². The molecule has 0 aromatic heterocycles. The lowest BCUT2D eigenvalue weighted by Crippen LogP contribution is -1.84. The van der Waals surface area contributed by atoms with Crippen molar-refractivity contribution in [2.24, 2.45) is 0 Å². The maximum Gasteiger partial charge on any atom is -0.00342 e. The van der Waals surface area contributed by atoms with Gasteiger partial charge < -0.3 is 0 Å². The van der Waals surface area contributed by atoms with Gasteiger partial charge in [0.15, 0.2) is 0 Å². The Balaban J connectivity index is 1.77. The SMILES string of the molecule is CCCCCCCCCCCC[P]Cc1ccccc1. The van der Waals surface area contributed by atoms with Gasteiger partial charge in [0.05, 0.1) is 0 Å². The molecule has 0 bridgehead atoms. The molecule has 0 unspecified atom stereocenters. The highest BCUT2D eigenvalue weighted by molar-refractivity contribution is 7.37. The average Bonchev–Trinajstić information content (AvgIpc) is 2.49. The molecule has 0 amide bonds. The molecular weight excluding hydrogens is 259 g/mol. The lowest BCUT2D eigenvalue weighted by atomic mass is 10.1. The Hall–Kier alpha value is -0.350. The Bertz CT molecular complexity index is 294. The van der Waals surface area contributed by atoms with E-state index in [4.69, 9.17) is 0 Å². The summed E-state index contributed by atoms with van der Waals surface area (Å²) in [7, 11) is 1.60. The van der Waals surface area contributed by atoms with E-state index in [2.05, 4.69) is 37.3 Å². The van der Waals surface area contributed by atoms with Crippen LogP contribution in [0, 0.1) is 0 Å². The van der Waals surface area contributed by atoms with Crippen LogP contribution in [0.4, 0.5) is 0 Å². The fraction of sp³-hybridized carbons (Fsp3) is 0.684. The van der Waals surface area contributed by atoms with E-state index >= 15 is 0 Å². The predicted octanol–water partition coefficient (Wildman–Crippen LogP) is 7.05. The quantitative estimate of drug-likeness (QED) is 0.270. The first-order chi connectivity index (χ1) is 9.93. The van der Waals surface area contributed by atoms with Gasteiger partial charge in [-0.05, 0) is 24.3 Å². The van der Waals surface area contributed by atoms with E-state index in [1.165, 1.54) is 82.1 Å². The van der Waals surface area contributed by atoms with Crippen LogP contribution in [0.3, 0.4) is 0 Å². The summed E-state index contributed by atoms with van der Waals surface area (Å²) in [5, 5.41) is 0. The van der Waals surface area contributed by atoms with Crippen LogP contribution in [-0.2, 0) is 6.16 Å². The van der Waals surface area contributed by atoms with Gasteiger partial charge in [-0.25, -0.2) is 0 Å². The van der Waals surface area contributed by atoms with E-state index in [0.717, 1.165) is 0 Å². The largest absolute Gasteiger partial charge is 0.0762 e. The van der Waals surface area contributed by atoms with Gasteiger partial charge in [0.2, 0.25) is 0 Å². The topological polar surface area (TPSA) is 0 Å². The summed E-state index contributed by atoms with van der Waals surface area (Å²) in [5.74, 6) is 0. The molecule has 0 atom stereocenters. The van der Waals surface area contributed by atoms with E-state index < -0.39 is 0 Å². The molecule has 1 rings (SSSR count). The molecule has 0 aliphatic heterocycles. The van der Waals surface area contributed by atoms with E-state index in [9.17, 15) is 0 Å². The summed E-state index contributed by atoms with van der Waals surface area (Å²) < 4.78 is 0. The molecular formula is C19H32P. The molecule has 0 aliphatic carbocycles. The third-order valence-corrected chi connectivity index (χ3v) is 5.03. The van der Waals surface area contributed by atoms with Crippen molar-refractivity contribution in [3.63, 3.8) is 0 Å². The van der Waals surface area contributed by atoms with Crippen molar-refractivity contribution < 1.29 is 0 Å². The van der Waals surface area contributed by atoms with Crippen LogP contribution in [-0.4, -0.2) is 6.16 Å². The molecule has 1 aromatic carbocycles. The predicted molar refractivity (Wildman–Crippen MR) is 93.8 cm³/mol. The fourth-order valence-corrected chi connectivity index (χ4v) is 3.58. The Morgan fingerprint density at radius 1 is 0.700 bits per heavy atom. The average molecular weight is 291 g/mol. The standard InChI is InChI=1S/C19H32P/c1-2-3-4-5-6-7-8-9-10-14-17-20-18-19-15-12-11-13-16-19/h11-13,15-16H,2-10,14,17-18H2,1H3. The van der Waals surface area contributed by atoms with Gasteiger partial charge in [-0.15, -0.1) is 0 Å². The fourth-order valence-electron chi connectivity index (χ4n) is 2.50. The summed E-state index contributed by atoms with van der Waals surface area (Å²) in [4.78, 5) is 0. The van der Waals surface area contributed by atoms with Crippen LogP contribution in [0.25, 0.3) is 0 Å². The molecule has 0 nitrogen and oxygen atoms in total. The summed E-state index contributed by atoms with van der Waals surface area (Å²) in [6, 6.07) is 10.9. The number of hydrogen-bond acceptors (Lipinski definition) is 0. The molecule has 0 saturated heterocycles. The first-order valence-corrected chi connectivity index (χ1v) is 9.87. The van der Waals surface area contributed by atoms with Crippen LogP contribution in [0.1, 0.15) is 76.7 Å². The van der Waals surface area contributed by atoms with Gasteiger partial charge in [-0.2, -0.15) is 0 Å². The normalized spacial score (nSPS) is 11.4. The van der Waals surface area contributed by atoms with E-state index in [0.29, 0.717) is 0 Å². The highest BCUT2D eigenvalue weighted by Crippen LogP contribution is 2.20. The van der Waals surface area contributed by atoms with Crippen LogP contribution in [0.5, 0.6) is 0 Å². The van der Waals surface area contributed by atoms with Crippen molar-refractivity contribution in [2.45, 2.75) is 77.3 Å². The molecule has 0 heterocycles. The van der Waals surface area contributed by atoms with E-state index in [1.54, 1.807) is 8.58 Å². The van der Waals surface area contributed by atoms with Gasteiger partial charge in [-0.1, -0.05) is 104 Å². The Labute approximate surface area is 128 Å². The summed E-state index contributed by atoms with van der Waals surface area (Å²) in [6.45, 7) is 2.29. The third-order valence-electron chi connectivity index (χ3n) is 3.81. The zero-order valence-corrected chi connectivity index (χ0v) is 14.2. The van der Waals surface area contributed by atoms with Crippen molar-refractivity contribution in [1.29, 1.82) is 0 Å². The maximum atomic E-state index is 2.29. The number of unbranched alkanes of at least 4 members (excludes halogenated alkanes) is 9. The van der Waals surface area contributed by atoms with Crippen molar-refractivity contribution in [2.75, 3.05) is 6.16 Å². The highest BCUT2D eigenvalue weighted by atomic mass is 31.1. The molecule has 0 N–H and O–H groups in total. The van der Waals surface area contributed by atoms with Gasteiger partial charge in [0.1, 0.15) is 0 Å². The molecule has 0 aliphatic rings. The molecule has 0 spiro atoms. The molecule has 1 heteroatoms. The summed E-state index contributed by atoms with van der Waals surface area (Å²) in [6.07, 6.45) is 17.0. The van der Waals surface area contributed by atoms with E-state index in [-0.39, 0.29) is 0 Å². The Kier molecular flexibility index (Phi) is 12.1. The molecule has 0 saturated carbocycles. The highest BCUT2D eigenvalue weighted by Gasteiger charge is 1.95. The minimum absolute atomic E-state index is 1.23. The third kappa shape index (κ3) is 10.4. The van der Waals surface area contributed by atoms with Crippen molar-refractivity contribution in [3.8, 4) is 0 Å². The minimum atomic E-state index is 1.23. The molecule has 1 aromatic rings. The van der Waals surface area contributed by atoms with Crippen molar-refractivity contribution in [3.05, 3.63) is 35.9 Å². The Morgan fingerprint density at radius 3 is 1.85 bits per heavy atom. The zero-order valence-electron chi connectivity index (χ0n) is 13.3. The first kappa shape index (κ1) is 17.7. The second-order valence-electron chi connectivity index (χ2n) is 5.77. The van der Waals surface area contributed by atoms with Crippen LogP contribution in [0.2, 0.25) is 0 Å². The van der Waals surface area contributed by atoms with Crippen molar-refractivity contribution >= 4 is 8.58 Å². The number of hydrogen-bond donors (Lipinski definition) is 0. The van der Waals surface area contributed by atoms with Crippen LogP contribution >= 0.6 is 8.58 Å². The summed E-state index contributed by atoms with van der Waals surface area (Å²) in [5.41, 5.74) is 1.49. The van der Waals surface area contributed by atoms with Gasteiger partial charge in [0, 0.05) is 0 Å². The lowest BCUT2D eigenvalue weighted by Gasteiger charge is -2.03. The number of rotatable bonds is 13. The van der Waals surface area contributed by atoms with Gasteiger partial charge >= 0.3 is 0 Å². The molecule has 0 fully saturated rings. The molecule has 113 valence electrons. The lowest BCUT2D eigenvalue weighted by molar-refractivity contribution is 0.563. The second kappa shape index (κ2) is 13.6. The second-order valence-corrected chi connectivity index (χ2v) is 6.98. The molecule has 20 heavy (non-hydrogen) atoms. The van der Waals surface area contributed by atoms with Gasteiger partial charge in [0.25, 0.3) is 0 Å². The minimum Gasteiger partial charge on any atom is -0.0762 e. The van der Waals surface area contributed by atoms with Crippen molar-refractivity contribution in [1.82, 2.24) is 0 Å². The molecule has 1 radical (unpaired) electrons. The van der Waals surface area contributed by atoms with Gasteiger partial charge in [-0.3, -0.25) is 0 Å². The van der Waals surface area contributed by atoms with Crippen LogP contribution in [0.15, 0.2) is 30.3 Å². The smallest absolute Gasteiger partial charge is 0.00342 e. The zero-order chi connectivity index (χ0) is 14.3. The Morgan fingerprint density at radius 2 is 1.25 bits per heavy atom.